The molecule has 0 atom stereocenters. The molecule has 0 bridgehead atoms. The number of nitrogens with zero attached hydrogens (tertiary/aromatic N) is 4. The first-order valence-electron chi connectivity index (χ1n) is 9.63. The van der Waals surface area contributed by atoms with Crippen molar-refractivity contribution in [1.82, 2.24) is 20.0 Å². The van der Waals surface area contributed by atoms with Crippen LogP contribution in [0.25, 0.3) is 5.82 Å². The van der Waals surface area contributed by atoms with E-state index in [0.29, 0.717) is 10.4 Å². The molecule has 2 aromatic carbocycles. The summed E-state index contributed by atoms with van der Waals surface area (Å²) in [5.74, 6) is -1.04. The maximum atomic E-state index is 13.8. The molecule has 1 N–H and O–H groups in total. The van der Waals surface area contributed by atoms with Crippen LogP contribution in [0.2, 0.25) is 0 Å². The molecule has 0 aliphatic heterocycles. The van der Waals surface area contributed by atoms with Gasteiger partial charge in [0, 0.05) is 17.8 Å². The molecule has 0 radical (unpaired) electrons. The van der Waals surface area contributed by atoms with E-state index in [-0.39, 0.29) is 23.1 Å². The molecule has 4 aromatic rings. The Morgan fingerprint density at radius 3 is 2.38 bits per heavy atom. The topological polar surface area (TPSA) is 91.2 Å². The zero-order valence-corrected chi connectivity index (χ0v) is 17.4. The fourth-order valence-electron chi connectivity index (χ4n) is 2.97. The summed E-state index contributed by atoms with van der Waals surface area (Å²) in [5, 5.41) is 13.4. The average Bonchev–Trinajstić information content (AvgIpc) is 3.27. The number of aromatic nitrogens is 4. The smallest absolute Gasteiger partial charge is 0.434 e. The van der Waals surface area contributed by atoms with Crippen molar-refractivity contribution >= 4 is 11.6 Å². The number of halogens is 4. The van der Waals surface area contributed by atoms with E-state index in [0.717, 1.165) is 6.20 Å². The van der Waals surface area contributed by atoms with Crippen molar-refractivity contribution in [3.8, 4) is 23.2 Å². The lowest BCUT2D eigenvalue weighted by molar-refractivity contribution is -0.143. The van der Waals surface area contributed by atoms with Crippen LogP contribution in [0.15, 0.2) is 66.9 Å². The van der Waals surface area contributed by atoms with Crippen LogP contribution >= 0.6 is 0 Å². The molecule has 0 saturated heterocycles. The van der Waals surface area contributed by atoms with E-state index in [2.05, 4.69) is 20.6 Å². The first-order chi connectivity index (χ1) is 16.2. The number of amides is 1. The third-order valence-corrected chi connectivity index (χ3v) is 4.48. The van der Waals surface area contributed by atoms with E-state index in [1.807, 2.05) is 0 Å². The van der Waals surface area contributed by atoms with Crippen LogP contribution in [0.3, 0.4) is 0 Å². The Kier molecular flexibility index (Phi) is 6.13. The Balaban J connectivity index is 1.55. The number of hydrogen-bond donors (Lipinski definition) is 1. The summed E-state index contributed by atoms with van der Waals surface area (Å²) in [7, 11) is 1.33. The Bertz CT molecular complexity index is 1310. The van der Waals surface area contributed by atoms with E-state index in [1.165, 1.54) is 61.7 Å². The number of alkyl halides is 3. The first kappa shape index (κ1) is 22.7. The summed E-state index contributed by atoms with van der Waals surface area (Å²) >= 11 is 0. The standard InChI is InChI=1S/C22H15F4N5O3/c1-33-19-10-9-18(29-30-19)31-20(22(24,25)26)17(12-27-31)21(32)28-14-5-7-15(8-6-14)34-16-4-2-3-13(23)11-16/h2-12H,1H3,(H,28,32). The van der Waals surface area contributed by atoms with Crippen LogP contribution in [0.5, 0.6) is 17.4 Å². The fraction of sp³-hybridized carbons (Fsp3) is 0.0909. The van der Waals surface area contributed by atoms with Gasteiger partial charge in [-0.1, -0.05) is 6.07 Å². The summed E-state index contributed by atoms with van der Waals surface area (Å²) in [6.45, 7) is 0. The van der Waals surface area contributed by atoms with Crippen LogP contribution < -0.4 is 14.8 Å². The number of carbonyl (C=O) groups is 1. The minimum atomic E-state index is -4.91. The van der Waals surface area contributed by atoms with E-state index in [4.69, 9.17) is 9.47 Å². The minimum absolute atomic E-state index is 0.104. The third kappa shape index (κ3) is 4.95. The highest BCUT2D eigenvalue weighted by molar-refractivity contribution is 6.05. The monoisotopic (exact) mass is 473 g/mol. The Labute approximate surface area is 189 Å². The lowest BCUT2D eigenvalue weighted by Crippen LogP contribution is -2.21. The molecule has 2 aromatic heterocycles. The molecule has 0 aliphatic rings. The van der Waals surface area contributed by atoms with Crippen molar-refractivity contribution in [2.75, 3.05) is 12.4 Å². The van der Waals surface area contributed by atoms with Gasteiger partial charge >= 0.3 is 6.18 Å². The first-order valence-corrected chi connectivity index (χ1v) is 9.63. The Morgan fingerprint density at radius 1 is 1.00 bits per heavy atom. The van der Waals surface area contributed by atoms with Gasteiger partial charge in [0.05, 0.1) is 18.9 Å². The summed E-state index contributed by atoms with van der Waals surface area (Å²) in [5.41, 5.74) is -1.80. The molecule has 34 heavy (non-hydrogen) atoms. The normalized spacial score (nSPS) is 11.2. The van der Waals surface area contributed by atoms with Gasteiger partial charge in [-0.2, -0.15) is 18.3 Å². The number of benzene rings is 2. The molecule has 1 amide bonds. The predicted molar refractivity (Wildman–Crippen MR) is 112 cm³/mol. The lowest BCUT2D eigenvalue weighted by atomic mass is 10.2. The zero-order chi connectivity index (χ0) is 24.3. The molecule has 0 spiro atoms. The Hall–Kier alpha value is -4.48. The number of nitrogens with one attached hydrogen (secondary N) is 1. The maximum absolute atomic E-state index is 13.8. The number of ether oxygens (including phenoxy) is 2. The molecule has 2 heterocycles. The number of anilines is 1. The van der Waals surface area contributed by atoms with E-state index >= 15 is 0 Å². The highest BCUT2D eigenvalue weighted by atomic mass is 19.4. The molecule has 0 fully saturated rings. The number of hydrogen-bond acceptors (Lipinski definition) is 6. The maximum Gasteiger partial charge on any atom is 0.434 e. The van der Waals surface area contributed by atoms with Crippen molar-refractivity contribution in [3.63, 3.8) is 0 Å². The van der Waals surface area contributed by atoms with Crippen molar-refractivity contribution in [1.29, 1.82) is 0 Å². The molecule has 174 valence electrons. The van der Waals surface area contributed by atoms with Gasteiger partial charge < -0.3 is 14.8 Å². The second-order valence-electron chi connectivity index (χ2n) is 6.79. The summed E-state index contributed by atoms with van der Waals surface area (Å²) in [4.78, 5) is 12.6. The van der Waals surface area contributed by atoms with Gasteiger partial charge in [0.2, 0.25) is 5.88 Å². The van der Waals surface area contributed by atoms with Gasteiger partial charge in [-0.05, 0) is 42.5 Å². The van der Waals surface area contributed by atoms with Crippen LogP contribution in [-0.2, 0) is 6.18 Å². The van der Waals surface area contributed by atoms with Crippen molar-refractivity contribution < 1.29 is 31.8 Å². The fourth-order valence-corrected chi connectivity index (χ4v) is 2.97. The van der Waals surface area contributed by atoms with Gasteiger partial charge in [-0.15, -0.1) is 10.2 Å². The predicted octanol–water partition coefficient (Wildman–Crippen LogP) is 4.87. The van der Waals surface area contributed by atoms with Crippen molar-refractivity contribution in [2.45, 2.75) is 6.18 Å². The van der Waals surface area contributed by atoms with Crippen LogP contribution in [0, 0.1) is 5.82 Å². The van der Waals surface area contributed by atoms with Crippen LogP contribution in [0.4, 0.5) is 23.2 Å². The average molecular weight is 473 g/mol. The summed E-state index contributed by atoms with van der Waals surface area (Å²) < 4.78 is 65.5. The highest BCUT2D eigenvalue weighted by Gasteiger charge is 2.41. The SMILES string of the molecule is COc1ccc(-n2ncc(C(=O)Nc3ccc(Oc4cccc(F)c4)cc3)c2C(F)(F)F)nn1. The third-order valence-electron chi connectivity index (χ3n) is 4.48. The molecule has 0 aliphatic carbocycles. The van der Waals surface area contributed by atoms with E-state index < -0.39 is 29.2 Å². The number of methoxy groups -OCH3 is 1. The Morgan fingerprint density at radius 2 is 1.76 bits per heavy atom. The van der Waals surface area contributed by atoms with Gasteiger partial charge in [0.15, 0.2) is 11.5 Å². The van der Waals surface area contributed by atoms with Gasteiger partial charge in [0.1, 0.15) is 17.3 Å². The van der Waals surface area contributed by atoms with E-state index in [9.17, 15) is 22.4 Å². The summed E-state index contributed by atoms with van der Waals surface area (Å²) in [6, 6.07) is 13.9. The van der Waals surface area contributed by atoms with Crippen LogP contribution in [-0.4, -0.2) is 33.0 Å². The van der Waals surface area contributed by atoms with Gasteiger partial charge in [-0.3, -0.25) is 4.79 Å². The molecule has 4 rings (SSSR count). The zero-order valence-electron chi connectivity index (χ0n) is 17.4. The minimum Gasteiger partial charge on any atom is -0.480 e. The number of carbonyl (C=O) groups excluding carboxylic acids is 1. The van der Waals surface area contributed by atoms with Crippen LogP contribution in [0.1, 0.15) is 16.1 Å². The quantitative estimate of drug-likeness (QED) is 0.402. The highest BCUT2D eigenvalue weighted by Crippen LogP contribution is 2.34. The molecule has 8 nitrogen and oxygen atoms in total. The van der Waals surface area contributed by atoms with Crippen molar-refractivity contribution in [3.05, 3.63) is 83.9 Å². The summed E-state index contributed by atoms with van der Waals surface area (Å²) in [6.07, 6.45) is -4.11. The largest absolute Gasteiger partial charge is 0.480 e. The number of rotatable bonds is 6. The van der Waals surface area contributed by atoms with E-state index in [1.54, 1.807) is 6.07 Å². The molecule has 0 saturated carbocycles. The lowest BCUT2D eigenvalue weighted by Gasteiger charge is -2.12. The molecule has 12 heteroatoms. The van der Waals surface area contributed by atoms with Gasteiger partial charge in [0.25, 0.3) is 5.91 Å². The second kappa shape index (κ2) is 9.17. The molecular formula is C22H15F4N5O3. The van der Waals surface area contributed by atoms with Gasteiger partial charge in [-0.25, -0.2) is 9.07 Å². The molecular weight excluding hydrogens is 458 g/mol. The molecule has 0 unspecified atom stereocenters. The second-order valence-corrected chi connectivity index (χ2v) is 6.79. The van der Waals surface area contributed by atoms with Crippen molar-refractivity contribution in [2.24, 2.45) is 0 Å².